The van der Waals surface area contributed by atoms with Crippen LogP contribution in [0.5, 0.6) is 5.75 Å². The second-order valence-corrected chi connectivity index (χ2v) is 5.47. The highest BCUT2D eigenvalue weighted by molar-refractivity contribution is 9.10. The molecule has 0 spiro atoms. The predicted octanol–water partition coefficient (Wildman–Crippen LogP) is 2.23. The molecule has 1 fully saturated rings. The number of hydrogen-bond donors (Lipinski definition) is 2. The molecule has 0 bridgehead atoms. The maximum absolute atomic E-state index is 12.4. The van der Waals surface area contributed by atoms with Gasteiger partial charge in [0, 0.05) is 17.1 Å². The van der Waals surface area contributed by atoms with Crippen LogP contribution in [0, 0.1) is 0 Å². The molecule has 1 aliphatic heterocycles. The summed E-state index contributed by atoms with van der Waals surface area (Å²) in [7, 11) is 0. The summed E-state index contributed by atoms with van der Waals surface area (Å²) in [6.07, 6.45) is 1.42. The number of amides is 1. The molecule has 1 aromatic rings. The standard InChI is InChI=1S/C13H14BrNO4/c14-8-3-4-11(16)10(6-8)13(19)15-5-1-2-9(15)7-12(17)18/h3-4,6,9,16H,1-2,5,7H2,(H,17,18). The van der Waals surface area contributed by atoms with Gasteiger partial charge < -0.3 is 15.1 Å². The van der Waals surface area contributed by atoms with Crippen molar-refractivity contribution >= 4 is 27.8 Å². The molecule has 1 saturated heterocycles. The van der Waals surface area contributed by atoms with E-state index in [0.29, 0.717) is 17.4 Å². The molecule has 1 aromatic carbocycles. The molecule has 2 N–H and O–H groups in total. The number of aliphatic carboxylic acids is 1. The van der Waals surface area contributed by atoms with E-state index in [0.717, 1.165) is 6.42 Å². The van der Waals surface area contributed by atoms with Gasteiger partial charge in [0.1, 0.15) is 5.75 Å². The second-order valence-electron chi connectivity index (χ2n) is 4.55. The van der Waals surface area contributed by atoms with E-state index in [-0.39, 0.29) is 29.7 Å². The Kier molecular flexibility index (Phi) is 4.09. The van der Waals surface area contributed by atoms with E-state index in [9.17, 15) is 14.7 Å². The van der Waals surface area contributed by atoms with Gasteiger partial charge in [0.2, 0.25) is 0 Å². The number of phenols is 1. The molecule has 102 valence electrons. The number of aromatic hydroxyl groups is 1. The molecular weight excluding hydrogens is 314 g/mol. The van der Waals surface area contributed by atoms with Gasteiger partial charge in [-0.1, -0.05) is 15.9 Å². The summed E-state index contributed by atoms with van der Waals surface area (Å²) in [6.45, 7) is 0.530. The Hall–Kier alpha value is -1.56. The van der Waals surface area contributed by atoms with Gasteiger partial charge >= 0.3 is 5.97 Å². The average Bonchev–Trinajstić information content (AvgIpc) is 2.78. The van der Waals surface area contributed by atoms with Crippen LogP contribution < -0.4 is 0 Å². The zero-order valence-electron chi connectivity index (χ0n) is 10.2. The minimum Gasteiger partial charge on any atom is -0.507 e. The molecular formula is C13H14BrNO4. The number of hydrogen-bond acceptors (Lipinski definition) is 3. The van der Waals surface area contributed by atoms with Gasteiger partial charge in [-0.3, -0.25) is 9.59 Å². The van der Waals surface area contributed by atoms with Crippen LogP contribution in [0.2, 0.25) is 0 Å². The average molecular weight is 328 g/mol. The lowest BCUT2D eigenvalue weighted by atomic mass is 10.1. The number of rotatable bonds is 3. The van der Waals surface area contributed by atoms with E-state index < -0.39 is 5.97 Å². The van der Waals surface area contributed by atoms with E-state index in [1.807, 2.05) is 0 Å². The first kappa shape index (κ1) is 13.9. The van der Waals surface area contributed by atoms with Gasteiger partial charge in [0.05, 0.1) is 12.0 Å². The molecule has 1 heterocycles. The number of likely N-dealkylation sites (tertiary alicyclic amines) is 1. The molecule has 2 rings (SSSR count). The number of carbonyl (C=O) groups excluding carboxylic acids is 1. The van der Waals surface area contributed by atoms with Crippen molar-refractivity contribution in [2.45, 2.75) is 25.3 Å². The number of carbonyl (C=O) groups is 2. The molecule has 19 heavy (non-hydrogen) atoms. The highest BCUT2D eigenvalue weighted by Gasteiger charge is 2.32. The van der Waals surface area contributed by atoms with Crippen molar-refractivity contribution < 1.29 is 19.8 Å². The summed E-state index contributed by atoms with van der Waals surface area (Å²) >= 11 is 3.25. The lowest BCUT2D eigenvalue weighted by molar-refractivity contribution is -0.137. The Bertz CT molecular complexity index is 517. The number of halogens is 1. The molecule has 1 aliphatic rings. The largest absolute Gasteiger partial charge is 0.507 e. The third kappa shape index (κ3) is 3.07. The Labute approximate surface area is 119 Å². The first-order chi connectivity index (χ1) is 8.99. The molecule has 6 heteroatoms. The Morgan fingerprint density at radius 3 is 2.84 bits per heavy atom. The fraction of sp³-hybridized carbons (Fsp3) is 0.385. The van der Waals surface area contributed by atoms with Gasteiger partial charge in [-0.05, 0) is 31.0 Å². The highest BCUT2D eigenvalue weighted by atomic mass is 79.9. The zero-order valence-corrected chi connectivity index (χ0v) is 11.8. The Morgan fingerprint density at radius 2 is 2.16 bits per heavy atom. The lowest BCUT2D eigenvalue weighted by Crippen LogP contribution is -2.36. The van der Waals surface area contributed by atoms with Crippen LogP contribution in [0.1, 0.15) is 29.6 Å². The van der Waals surface area contributed by atoms with Crippen molar-refractivity contribution in [3.8, 4) is 5.75 Å². The Morgan fingerprint density at radius 1 is 1.42 bits per heavy atom. The van der Waals surface area contributed by atoms with Gasteiger partial charge in [0.25, 0.3) is 5.91 Å². The minimum atomic E-state index is -0.914. The molecule has 5 nitrogen and oxygen atoms in total. The summed E-state index contributed by atoms with van der Waals surface area (Å²) in [6, 6.07) is 4.35. The van der Waals surface area contributed by atoms with Gasteiger partial charge in [-0.2, -0.15) is 0 Å². The van der Waals surface area contributed by atoms with Crippen molar-refractivity contribution in [1.82, 2.24) is 4.90 Å². The third-order valence-electron chi connectivity index (χ3n) is 3.24. The Balaban J connectivity index is 2.23. The number of phenolic OH excluding ortho intramolecular Hbond substituents is 1. The third-order valence-corrected chi connectivity index (χ3v) is 3.73. The summed E-state index contributed by atoms with van der Waals surface area (Å²) in [5.74, 6) is -1.32. The van der Waals surface area contributed by atoms with Crippen molar-refractivity contribution in [2.24, 2.45) is 0 Å². The van der Waals surface area contributed by atoms with Crippen LogP contribution >= 0.6 is 15.9 Å². The fourth-order valence-electron chi connectivity index (χ4n) is 2.35. The first-order valence-corrected chi connectivity index (χ1v) is 6.79. The molecule has 1 atom stereocenters. The second kappa shape index (κ2) is 5.61. The van der Waals surface area contributed by atoms with E-state index in [1.54, 1.807) is 12.1 Å². The quantitative estimate of drug-likeness (QED) is 0.892. The zero-order chi connectivity index (χ0) is 14.0. The van der Waals surface area contributed by atoms with Crippen LogP contribution in [-0.2, 0) is 4.79 Å². The van der Waals surface area contributed by atoms with Crippen LogP contribution in [0.15, 0.2) is 22.7 Å². The van der Waals surface area contributed by atoms with Gasteiger partial charge in [0.15, 0.2) is 0 Å². The van der Waals surface area contributed by atoms with E-state index in [1.165, 1.54) is 11.0 Å². The van der Waals surface area contributed by atoms with Crippen molar-refractivity contribution in [1.29, 1.82) is 0 Å². The van der Waals surface area contributed by atoms with Crippen LogP contribution in [0.25, 0.3) is 0 Å². The molecule has 1 unspecified atom stereocenters. The topological polar surface area (TPSA) is 77.8 Å². The summed E-state index contributed by atoms with van der Waals surface area (Å²) in [5.41, 5.74) is 0.201. The number of benzene rings is 1. The minimum absolute atomic E-state index is 0.0551. The van der Waals surface area contributed by atoms with Crippen LogP contribution in [0.3, 0.4) is 0 Å². The molecule has 0 aliphatic carbocycles. The van der Waals surface area contributed by atoms with Gasteiger partial charge in [-0.25, -0.2) is 0 Å². The van der Waals surface area contributed by atoms with Gasteiger partial charge in [-0.15, -0.1) is 0 Å². The number of carboxylic acids is 1. The van der Waals surface area contributed by atoms with E-state index in [4.69, 9.17) is 5.11 Å². The maximum Gasteiger partial charge on any atom is 0.305 e. The SMILES string of the molecule is O=C(O)CC1CCCN1C(=O)c1cc(Br)ccc1O. The highest BCUT2D eigenvalue weighted by Crippen LogP contribution is 2.28. The van der Waals surface area contributed by atoms with Crippen molar-refractivity contribution in [3.63, 3.8) is 0 Å². The summed E-state index contributed by atoms with van der Waals surface area (Å²) < 4.78 is 0.697. The molecule has 1 amide bonds. The summed E-state index contributed by atoms with van der Waals surface area (Å²) in [5, 5.41) is 18.6. The van der Waals surface area contributed by atoms with E-state index >= 15 is 0 Å². The smallest absolute Gasteiger partial charge is 0.305 e. The van der Waals surface area contributed by atoms with Crippen LogP contribution in [-0.4, -0.2) is 39.6 Å². The van der Waals surface area contributed by atoms with Crippen molar-refractivity contribution in [2.75, 3.05) is 6.54 Å². The van der Waals surface area contributed by atoms with Crippen LogP contribution in [0.4, 0.5) is 0 Å². The fourth-order valence-corrected chi connectivity index (χ4v) is 2.71. The normalized spacial score (nSPS) is 18.6. The van der Waals surface area contributed by atoms with E-state index in [2.05, 4.69) is 15.9 Å². The summed E-state index contributed by atoms with van der Waals surface area (Å²) in [4.78, 5) is 24.7. The maximum atomic E-state index is 12.4. The monoisotopic (exact) mass is 327 g/mol. The number of carboxylic acid groups (broad SMARTS) is 1. The first-order valence-electron chi connectivity index (χ1n) is 6.00. The predicted molar refractivity (Wildman–Crippen MR) is 72.1 cm³/mol. The molecule has 0 aromatic heterocycles. The molecule has 0 saturated carbocycles. The number of nitrogens with zero attached hydrogens (tertiary/aromatic N) is 1. The van der Waals surface area contributed by atoms with Crippen molar-refractivity contribution in [3.05, 3.63) is 28.2 Å². The molecule has 0 radical (unpaired) electrons. The lowest BCUT2D eigenvalue weighted by Gasteiger charge is -2.24.